The number of carboxylic acids is 1. The average molecular weight is 533 g/mol. The van der Waals surface area contributed by atoms with Crippen LogP contribution in [-0.2, 0) is 15.6 Å². The predicted molar refractivity (Wildman–Crippen MR) is 153 cm³/mol. The number of hydrogen-bond donors (Lipinski definition) is 2. The fourth-order valence-corrected chi connectivity index (χ4v) is 6.54. The lowest BCUT2D eigenvalue weighted by Crippen LogP contribution is -2.46. The molecule has 0 bridgehead atoms. The molecule has 1 aromatic carbocycles. The zero-order valence-electron chi connectivity index (χ0n) is 24.4. The number of Topliss-reactive ketones (excluding diaryl/α,β-unsaturated/α-hetero) is 1. The monoisotopic (exact) mass is 532 g/mol. The van der Waals surface area contributed by atoms with Crippen molar-refractivity contribution < 1.29 is 19.5 Å². The number of aromatic nitrogens is 1. The molecule has 2 N–H and O–H groups in total. The zero-order valence-corrected chi connectivity index (χ0v) is 24.4. The number of ketones is 1. The lowest BCUT2D eigenvalue weighted by molar-refractivity contribution is -0.145. The summed E-state index contributed by atoms with van der Waals surface area (Å²) >= 11 is 0. The number of aliphatic carboxylic acids is 1. The first-order valence-corrected chi connectivity index (χ1v) is 14.8. The summed E-state index contributed by atoms with van der Waals surface area (Å²) < 4.78 is 2.06. The minimum absolute atomic E-state index is 0.0180. The van der Waals surface area contributed by atoms with Gasteiger partial charge in [0, 0.05) is 23.3 Å². The van der Waals surface area contributed by atoms with Crippen LogP contribution in [0.3, 0.4) is 0 Å². The third-order valence-corrected chi connectivity index (χ3v) is 9.65. The second-order valence-electron chi connectivity index (χ2n) is 13.7. The van der Waals surface area contributed by atoms with E-state index in [1.54, 1.807) is 0 Å². The van der Waals surface area contributed by atoms with Gasteiger partial charge in [0.05, 0.1) is 17.2 Å². The molecule has 0 saturated heterocycles. The molecule has 210 valence electrons. The van der Waals surface area contributed by atoms with Gasteiger partial charge in [0.25, 0.3) is 5.91 Å². The Bertz CT molecular complexity index is 1290. The van der Waals surface area contributed by atoms with Crippen LogP contribution in [0, 0.1) is 25.7 Å². The van der Waals surface area contributed by atoms with Gasteiger partial charge in [-0.3, -0.25) is 14.4 Å². The van der Waals surface area contributed by atoms with Crippen LogP contribution in [0.5, 0.6) is 0 Å². The van der Waals surface area contributed by atoms with Gasteiger partial charge in [-0.1, -0.05) is 53.0 Å². The maximum atomic E-state index is 14.2. The lowest BCUT2D eigenvalue weighted by atomic mass is 9.80. The van der Waals surface area contributed by atoms with Crippen molar-refractivity contribution in [2.45, 2.75) is 116 Å². The molecule has 3 aliphatic carbocycles. The number of carboxylic acid groups (broad SMARTS) is 1. The molecule has 6 heteroatoms. The Balaban J connectivity index is 1.62. The van der Waals surface area contributed by atoms with Gasteiger partial charge in [0.1, 0.15) is 0 Å². The Morgan fingerprint density at radius 2 is 1.62 bits per heavy atom. The highest BCUT2D eigenvalue weighted by Gasteiger charge is 2.41. The van der Waals surface area contributed by atoms with Gasteiger partial charge in [-0.05, 0) is 92.0 Å². The summed E-state index contributed by atoms with van der Waals surface area (Å²) in [4.78, 5) is 39.1. The minimum Gasteiger partial charge on any atom is -0.481 e. The van der Waals surface area contributed by atoms with E-state index < -0.39 is 11.9 Å². The van der Waals surface area contributed by atoms with Crippen molar-refractivity contribution >= 4 is 17.7 Å². The molecule has 39 heavy (non-hydrogen) atoms. The molecule has 1 aromatic heterocycles. The third kappa shape index (κ3) is 5.19. The maximum Gasteiger partial charge on any atom is 0.306 e. The van der Waals surface area contributed by atoms with Crippen molar-refractivity contribution in [3.8, 4) is 5.69 Å². The van der Waals surface area contributed by atoms with Crippen molar-refractivity contribution in [1.29, 1.82) is 0 Å². The first-order chi connectivity index (χ1) is 18.3. The van der Waals surface area contributed by atoms with Gasteiger partial charge in [0.2, 0.25) is 0 Å². The number of nitrogens with one attached hydrogen (secondary N) is 1. The van der Waals surface area contributed by atoms with Gasteiger partial charge in [0.15, 0.2) is 5.78 Å². The minimum atomic E-state index is -0.807. The van der Waals surface area contributed by atoms with Crippen LogP contribution in [0.15, 0.2) is 18.2 Å². The molecule has 0 atom stereocenters. The van der Waals surface area contributed by atoms with Crippen LogP contribution in [0.1, 0.15) is 129 Å². The molecule has 1 heterocycles. The van der Waals surface area contributed by atoms with E-state index in [0.717, 1.165) is 55.5 Å². The second kappa shape index (κ2) is 9.94. The number of carbonyl (C=O) groups is 3. The highest BCUT2D eigenvalue weighted by Crippen LogP contribution is 2.49. The van der Waals surface area contributed by atoms with E-state index in [0.29, 0.717) is 24.1 Å². The van der Waals surface area contributed by atoms with Crippen molar-refractivity contribution in [3.05, 3.63) is 51.8 Å². The van der Waals surface area contributed by atoms with E-state index in [-0.39, 0.29) is 34.5 Å². The van der Waals surface area contributed by atoms with Gasteiger partial charge in [-0.25, -0.2) is 0 Å². The maximum absolute atomic E-state index is 14.2. The van der Waals surface area contributed by atoms with Crippen molar-refractivity contribution in [2.75, 3.05) is 0 Å². The SMILES string of the molecule is Cc1c(C(=O)NC2CC(C(=O)O)C2)c(C)n(-c2cc(C(C)(C)C)cc(C3(C)CC3)c2)c1C(=O)C1CCCCC1. The first-order valence-electron chi connectivity index (χ1n) is 14.8. The molecule has 3 fully saturated rings. The second-order valence-corrected chi connectivity index (χ2v) is 13.7. The number of benzene rings is 1. The molecule has 0 spiro atoms. The number of nitrogens with zero attached hydrogens (tertiary/aromatic N) is 1. The highest BCUT2D eigenvalue weighted by atomic mass is 16.4. The highest BCUT2D eigenvalue weighted by molar-refractivity contribution is 6.05. The molecule has 1 amide bonds. The summed E-state index contributed by atoms with van der Waals surface area (Å²) in [5.74, 6) is -1.29. The standard InChI is InChI=1S/C33H44N2O4/c1-19-27(30(37)34-25-14-22(15-25)31(38)39)20(2)35(28(19)29(36)21-10-8-7-9-11-21)26-17-23(32(3,4)5)16-24(18-26)33(6)12-13-33/h16-18,21-22,25H,7-15H2,1-6H3,(H,34,37)(H,38,39). The number of amides is 1. The van der Waals surface area contributed by atoms with E-state index in [1.165, 1.54) is 17.5 Å². The number of hydrogen-bond acceptors (Lipinski definition) is 3. The smallest absolute Gasteiger partial charge is 0.306 e. The molecule has 3 aliphatic rings. The van der Waals surface area contributed by atoms with Crippen LogP contribution < -0.4 is 5.32 Å². The summed E-state index contributed by atoms with van der Waals surface area (Å²) in [5.41, 5.74) is 6.27. The molecular formula is C33H44N2O4. The third-order valence-electron chi connectivity index (χ3n) is 9.65. The molecule has 5 rings (SSSR count). The van der Waals surface area contributed by atoms with E-state index in [2.05, 4.69) is 55.8 Å². The predicted octanol–water partition coefficient (Wildman–Crippen LogP) is 6.80. The number of carbonyl (C=O) groups excluding carboxylic acids is 2. The fraction of sp³-hybridized carbons (Fsp3) is 0.606. The summed E-state index contributed by atoms with van der Waals surface area (Å²) in [6, 6.07) is 6.61. The van der Waals surface area contributed by atoms with Crippen LogP contribution in [0.4, 0.5) is 0 Å². The number of rotatable bonds is 7. The Hall–Kier alpha value is -2.89. The molecular weight excluding hydrogens is 488 g/mol. The summed E-state index contributed by atoms with van der Waals surface area (Å²) in [7, 11) is 0. The Morgan fingerprint density at radius 1 is 0.974 bits per heavy atom. The lowest BCUT2D eigenvalue weighted by Gasteiger charge is -2.32. The summed E-state index contributed by atoms with van der Waals surface area (Å²) in [5, 5.41) is 12.3. The fourth-order valence-electron chi connectivity index (χ4n) is 6.54. The van der Waals surface area contributed by atoms with Crippen molar-refractivity contribution in [1.82, 2.24) is 9.88 Å². The van der Waals surface area contributed by atoms with Gasteiger partial charge in [-0.15, -0.1) is 0 Å². The zero-order chi connectivity index (χ0) is 28.3. The summed E-state index contributed by atoms with van der Waals surface area (Å²) in [6.45, 7) is 12.8. The Kier molecular flexibility index (Phi) is 7.05. The average Bonchev–Trinajstić information content (AvgIpc) is 3.55. The molecule has 0 aliphatic heterocycles. The van der Waals surface area contributed by atoms with E-state index in [4.69, 9.17) is 0 Å². The normalized spacial score (nSPS) is 22.7. The van der Waals surface area contributed by atoms with Crippen LogP contribution in [0.25, 0.3) is 5.69 Å². The van der Waals surface area contributed by atoms with Crippen molar-refractivity contribution in [2.24, 2.45) is 11.8 Å². The topological polar surface area (TPSA) is 88.4 Å². The van der Waals surface area contributed by atoms with Gasteiger partial charge < -0.3 is 15.0 Å². The summed E-state index contributed by atoms with van der Waals surface area (Å²) in [6.07, 6.45) is 8.31. The molecule has 0 unspecified atom stereocenters. The molecule has 2 aromatic rings. The molecule has 6 nitrogen and oxygen atoms in total. The quantitative estimate of drug-likeness (QED) is 0.384. The largest absolute Gasteiger partial charge is 0.481 e. The van der Waals surface area contributed by atoms with Crippen LogP contribution in [-0.4, -0.2) is 33.4 Å². The molecule has 0 radical (unpaired) electrons. The van der Waals surface area contributed by atoms with Crippen LogP contribution in [0.2, 0.25) is 0 Å². The van der Waals surface area contributed by atoms with Crippen molar-refractivity contribution in [3.63, 3.8) is 0 Å². The van der Waals surface area contributed by atoms with E-state index in [1.807, 2.05) is 13.8 Å². The van der Waals surface area contributed by atoms with Crippen LogP contribution >= 0.6 is 0 Å². The molecule has 3 saturated carbocycles. The van der Waals surface area contributed by atoms with Gasteiger partial charge >= 0.3 is 5.97 Å². The van der Waals surface area contributed by atoms with Gasteiger partial charge in [-0.2, -0.15) is 0 Å². The Morgan fingerprint density at radius 3 is 2.18 bits per heavy atom. The van der Waals surface area contributed by atoms with E-state index >= 15 is 0 Å². The van der Waals surface area contributed by atoms with E-state index in [9.17, 15) is 19.5 Å². The Labute approximate surface area is 232 Å². The first kappa shape index (κ1) is 27.7.